The lowest BCUT2D eigenvalue weighted by Gasteiger charge is -2.33. The predicted octanol–water partition coefficient (Wildman–Crippen LogP) is 2.52. The molecule has 1 aliphatic rings. The van der Waals surface area contributed by atoms with E-state index in [1.54, 1.807) is 6.26 Å². The van der Waals surface area contributed by atoms with Gasteiger partial charge in [-0.3, -0.25) is 4.99 Å². The Morgan fingerprint density at radius 2 is 2.26 bits per heavy atom. The van der Waals surface area contributed by atoms with Gasteiger partial charge in [-0.25, -0.2) is 0 Å². The van der Waals surface area contributed by atoms with Crippen LogP contribution in [0.5, 0.6) is 0 Å². The summed E-state index contributed by atoms with van der Waals surface area (Å²) in [6.45, 7) is 8.39. The van der Waals surface area contributed by atoms with Gasteiger partial charge in [0.05, 0.1) is 6.26 Å². The molecule has 4 heteroatoms. The fourth-order valence-corrected chi connectivity index (χ4v) is 2.37. The first kappa shape index (κ1) is 14.0. The lowest BCUT2D eigenvalue weighted by Crippen LogP contribution is -2.45. The highest BCUT2D eigenvalue weighted by molar-refractivity contribution is 5.80. The van der Waals surface area contributed by atoms with Gasteiger partial charge in [0.1, 0.15) is 5.76 Å². The molecule has 0 aromatic carbocycles. The number of likely N-dealkylation sites (tertiary alicyclic amines) is 1. The molecule has 1 saturated heterocycles. The van der Waals surface area contributed by atoms with E-state index in [1.165, 1.54) is 12.8 Å². The molecule has 1 aromatic heterocycles. The number of piperidine rings is 1. The van der Waals surface area contributed by atoms with E-state index in [0.29, 0.717) is 0 Å². The molecule has 106 valence electrons. The molecular formula is C15H25N3O. The van der Waals surface area contributed by atoms with Crippen LogP contribution in [0.4, 0.5) is 0 Å². The fourth-order valence-electron chi connectivity index (χ4n) is 2.37. The number of nitrogens with one attached hydrogen (secondary N) is 1. The maximum Gasteiger partial charge on any atom is 0.193 e. The summed E-state index contributed by atoms with van der Waals surface area (Å²) in [5, 5.41) is 3.39. The highest BCUT2D eigenvalue weighted by Crippen LogP contribution is 2.15. The maximum atomic E-state index is 5.33. The minimum atomic E-state index is 0.780. The van der Waals surface area contributed by atoms with Crippen molar-refractivity contribution in [2.24, 2.45) is 10.9 Å². The van der Waals surface area contributed by atoms with Crippen molar-refractivity contribution in [3.8, 4) is 0 Å². The third-order valence-corrected chi connectivity index (χ3v) is 3.62. The Morgan fingerprint density at radius 3 is 2.89 bits per heavy atom. The minimum absolute atomic E-state index is 0.780. The van der Waals surface area contributed by atoms with Crippen LogP contribution in [0.1, 0.15) is 32.4 Å². The van der Waals surface area contributed by atoms with Gasteiger partial charge in [0.2, 0.25) is 0 Å². The predicted molar refractivity (Wildman–Crippen MR) is 78.4 cm³/mol. The summed E-state index contributed by atoms with van der Waals surface area (Å²) in [7, 11) is 0. The largest absolute Gasteiger partial charge is 0.469 e. The SMILES string of the molecule is CCNC(=NCCc1ccco1)N1CCC(C)CC1. The van der Waals surface area contributed by atoms with Crippen LogP contribution < -0.4 is 5.32 Å². The third kappa shape index (κ3) is 4.30. The van der Waals surface area contributed by atoms with Gasteiger partial charge in [-0.2, -0.15) is 0 Å². The molecule has 2 heterocycles. The molecule has 0 unspecified atom stereocenters. The van der Waals surface area contributed by atoms with E-state index in [4.69, 9.17) is 9.41 Å². The number of hydrogen-bond donors (Lipinski definition) is 1. The van der Waals surface area contributed by atoms with Crippen LogP contribution in [0.25, 0.3) is 0 Å². The summed E-state index contributed by atoms with van der Waals surface area (Å²) in [5.41, 5.74) is 0. The summed E-state index contributed by atoms with van der Waals surface area (Å²) in [6, 6.07) is 3.93. The van der Waals surface area contributed by atoms with Crippen molar-refractivity contribution in [3.05, 3.63) is 24.2 Å². The van der Waals surface area contributed by atoms with Crippen molar-refractivity contribution in [2.45, 2.75) is 33.1 Å². The minimum Gasteiger partial charge on any atom is -0.469 e. The number of rotatable bonds is 4. The van der Waals surface area contributed by atoms with Gasteiger partial charge in [0.25, 0.3) is 0 Å². The molecule has 0 bridgehead atoms. The summed E-state index contributed by atoms with van der Waals surface area (Å²) < 4.78 is 5.33. The quantitative estimate of drug-likeness (QED) is 0.670. The van der Waals surface area contributed by atoms with Crippen molar-refractivity contribution in [2.75, 3.05) is 26.2 Å². The summed E-state index contributed by atoms with van der Waals surface area (Å²) in [6.07, 6.45) is 5.12. The first-order chi connectivity index (χ1) is 9.29. The number of nitrogens with zero attached hydrogens (tertiary/aromatic N) is 2. The van der Waals surface area contributed by atoms with E-state index in [-0.39, 0.29) is 0 Å². The van der Waals surface area contributed by atoms with Gasteiger partial charge in [-0.05, 0) is 37.8 Å². The second kappa shape index (κ2) is 7.22. The van der Waals surface area contributed by atoms with Crippen LogP contribution in [-0.2, 0) is 6.42 Å². The zero-order chi connectivity index (χ0) is 13.5. The van der Waals surface area contributed by atoms with Crippen molar-refractivity contribution in [3.63, 3.8) is 0 Å². The van der Waals surface area contributed by atoms with Gasteiger partial charge in [0, 0.05) is 32.6 Å². The number of furan rings is 1. The van der Waals surface area contributed by atoms with Crippen LogP contribution in [0.15, 0.2) is 27.8 Å². The molecule has 0 spiro atoms. The molecule has 4 nitrogen and oxygen atoms in total. The normalized spacial score (nSPS) is 17.8. The number of hydrogen-bond acceptors (Lipinski definition) is 2. The van der Waals surface area contributed by atoms with Gasteiger partial charge < -0.3 is 14.6 Å². The average molecular weight is 263 g/mol. The lowest BCUT2D eigenvalue weighted by molar-refractivity contribution is 0.273. The van der Waals surface area contributed by atoms with E-state index in [2.05, 4.69) is 24.1 Å². The average Bonchev–Trinajstić information content (AvgIpc) is 2.92. The van der Waals surface area contributed by atoms with E-state index >= 15 is 0 Å². The molecule has 0 amide bonds. The van der Waals surface area contributed by atoms with E-state index in [0.717, 1.165) is 50.2 Å². The first-order valence-corrected chi connectivity index (χ1v) is 7.35. The second-order valence-electron chi connectivity index (χ2n) is 5.23. The van der Waals surface area contributed by atoms with Crippen molar-refractivity contribution in [1.29, 1.82) is 0 Å². The Kier molecular flexibility index (Phi) is 5.31. The maximum absolute atomic E-state index is 5.33. The van der Waals surface area contributed by atoms with Crippen LogP contribution in [0, 0.1) is 5.92 Å². The summed E-state index contributed by atoms with van der Waals surface area (Å²) >= 11 is 0. The molecule has 0 saturated carbocycles. The number of guanidine groups is 1. The van der Waals surface area contributed by atoms with Crippen LogP contribution in [-0.4, -0.2) is 37.0 Å². The Hall–Kier alpha value is -1.45. The Morgan fingerprint density at radius 1 is 1.47 bits per heavy atom. The summed E-state index contributed by atoms with van der Waals surface area (Å²) in [4.78, 5) is 7.09. The second-order valence-corrected chi connectivity index (χ2v) is 5.23. The van der Waals surface area contributed by atoms with Crippen LogP contribution in [0.3, 0.4) is 0 Å². The molecule has 1 aromatic rings. The molecule has 2 rings (SSSR count). The first-order valence-electron chi connectivity index (χ1n) is 7.35. The Balaban J connectivity index is 1.87. The molecule has 1 N–H and O–H groups in total. The monoisotopic (exact) mass is 263 g/mol. The third-order valence-electron chi connectivity index (χ3n) is 3.62. The molecule has 19 heavy (non-hydrogen) atoms. The Labute approximate surface area is 115 Å². The number of aliphatic imine (C=N–C) groups is 1. The molecule has 0 radical (unpaired) electrons. The molecule has 0 aliphatic carbocycles. The van der Waals surface area contributed by atoms with Gasteiger partial charge >= 0.3 is 0 Å². The van der Waals surface area contributed by atoms with Crippen molar-refractivity contribution in [1.82, 2.24) is 10.2 Å². The topological polar surface area (TPSA) is 40.8 Å². The van der Waals surface area contributed by atoms with E-state index in [9.17, 15) is 0 Å². The van der Waals surface area contributed by atoms with Crippen molar-refractivity contribution < 1.29 is 4.42 Å². The lowest BCUT2D eigenvalue weighted by atomic mass is 10.00. The van der Waals surface area contributed by atoms with Crippen molar-refractivity contribution >= 4 is 5.96 Å². The standard InChI is InChI=1S/C15H25N3O/c1-3-16-15(18-10-7-13(2)8-11-18)17-9-6-14-5-4-12-19-14/h4-5,12-13H,3,6-11H2,1-2H3,(H,16,17). The zero-order valence-electron chi connectivity index (χ0n) is 12.1. The molecule has 1 aliphatic heterocycles. The van der Waals surface area contributed by atoms with Gasteiger partial charge in [-0.1, -0.05) is 6.92 Å². The molecular weight excluding hydrogens is 238 g/mol. The zero-order valence-corrected chi connectivity index (χ0v) is 12.1. The highest BCUT2D eigenvalue weighted by atomic mass is 16.3. The van der Waals surface area contributed by atoms with Gasteiger partial charge in [-0.15, -0.1) is 0 Å². The van der Waals surface area contributed by atoms with Crippen LogP contribution in [0.2, 0.25) is 0 Å². The fraction of sp³-hybridized carbons (Fsp3) is 0.667. The smallest absolute Gasteiger partial charge is 0.193 e. The van der Waals surface area contributed by atoms with E-state index in [1.807, 2.05) is 12.1 Å². The van der Waals surface area contributed by atoms with Gasteiger partial charge in [0.15, 0.2) is 5.96 Å². The highest BCUT2D eigenvalue weighted by Gasteiger charge is 2.18. The van der Waals surface area contributed by atoms with E-state index < -0.39 is 0 Å². The summed E-state index contributed by atoms with van der Waals surface area (Å²) in [5.74, 6) is 2.91. The molecule has 0 atom stereocenters. The van der Waals surface area contributed by atoms with Crippen LogP contribution >= 0.6 is 0 Å². The Bertz CT molecular complexity index is 378. The molecule has 1 fully saturated rings.